The molecule has 13 aromatic rings. The number of hydrogen-bond acceptors (Lipinski definition) is 4. The number of phenols is 1. The molecular weight excluding hydrogens is 973 g/mol. The minimum Gasteiger partial charge on any atom is -0.505 e. The quantitative estimate of drug-likeness (QED) is 0.131. The largest absolute Gasteiger partial charge is 0.505 e. The maximum atomic E-state index is 13.0. The van der Waals surface area contributed by atoms with Crippen molar-refractivity contribution in [3.8, 4) is 39.1 Å². The van der Waals surface area contributed by atoms with Crippen LogP contribution in [0.5, 0.6) is 5.75 Å². The summed E-state index contributed by atoms with van der Waals surface area (Å²) >= 11 is 0. The lowest BCUT2D eigenvalue weighted by Gasteiger charge is -2.32. The second-order valence-corrected chi connectivity index (χ2v) is 22.9. The first-order valence-corrected chi connectivity index (χ1v) is 28.3. The highest BCUT2D eigenvalue weighted by molar-refractivity contribution is 6.30. The van der Waals surface area contributed by atoms with E-state index in [0.29, 0.717) is 5.69 Å². The molecule has 0 aliphatic rings. The van der Waals surface area contributed by atoms with Crippen molar-refractivity contribution in [3.05, 3.63) is 245 Å². The molecule has 0 saturated heterocycles. The van der Waals surface area contributed by atoms with E-state index in [4.69, 9.17) is 4.42 Å². The first-order valence-electron chi connectivity index (χ1n) is 28.3. The molecule has 0 unspecified atom stereocenters. The van der Waals surface area contributed by atoms with Crippen LogP contribution in [0, 0.1) is 41.5 Å². The van der Waals surface area contributed by atoms with Gasteiger partial charge in [0.2, 0.25) is 0 Å². The first-order chi connectivity index (χ1) is 38.7. The zero-order chi connectivity index (χ0) is 55.2. The summed E-state index contributed by atoms with van der Waals surface area (Å²) in [5, 5.41) is 22.3. The number of aryl methyl sites for hydroxylation is 6. The van der Waals surface area contributed by atoms with Crippen LogP contribution in [0.4, 0.5) is 34.1 Å². The number of fused-ring (bicyclic) bond motifs is 3. The van der Waals surface area contributed by atoms with E-state index in [1.165, 1.54) is 77.2 Å². The molecule has 0 saturated carbocycles. The highest BCUT2D eigenvalue weighted by atomic mass is 16.3. The van der Waals surface area contributed by atoms with E-state index >= 15 is 0 Å². The van der Waals surface area contributed by atoms with Crippen LogP contribution < -0.4 is 9.80 Å². The Kier molecular flexibility index (Phi) is 12.4. The van der Waals surface area contributed by atoms with Crippen LogP contribution in [0.3, 0.4) is 0 Å². The SMILES string of the molecule is Cc1ccc(N(c2cccc(-c3cccc(-c4ccccc4C)c3)c2O)c2cc(C(C)C)c3ccc4c(N(c5ccc(C)c(C)c5)c5cccc6c5oc5c(-c7ccccc7C)cccc56)cc(C(C)C)c5ccc2c3c54)cc1C. The number of anilines is 6. The topological polar surface area (TPSA) is 39.9 Å². The van der Waals surface area contributed by atoms with E-state index in [2.05, 4.69) is 273 Å². The average Bonchev–Trinajstić information content (AvgIpc) is 3.45. The number of benzene rings is 12. The van der Waals surface area contributed by atoms with Gasteiger partial charge in [0.05, 0.1) is 22.7 Å². The highest BCUT2D eigenvalue weighted by Crippen LogP contribution is 2.54. The predicted molar refractivity (Wildman–Crippen MR) is 341 cm³/mol. The predicted octanol–water partition coefficient (Wildman–Crippen LogP) is 22.2. The van der Waals surface area contributed by atoms with E-state index < -0.39 is 0 Å². The molecule has 0 aliphatic carbocycles. The van der Waals surface area contributed by atoms with Gasteiger partial charge in [-0.2, -0.15) is 0 Å². The Morgan fingerprint density at radius 1 is 0.325 bits per heavy atom. The van der Waals surface area contributed by atoms with Gasteiger partial charge in [0.15, 0.2) is 5.58 Å². The van der Waals surface area contributed by atoms with Crippen molar-refractivity contribution in [2.45, 2.75) is 81.1 Å². The molecule has 0 radical (unpaired) electrons. The van der Waals surface area contributed by atoms with Gasteiger partial charge in [0.1, 0.15) is 11.3 Å². The van der Waals surface area contributed by atoms with Gasteiger partial charge in [-0.25, -0.2) is 0 Å². The summed E-state index contributed by atoms with van der Waals surface area (Å²) in [6.45, 7) is 22.3. The normalized spacial score (nSPS) is 11.9. The lowest BCUT2D eigenvalue weighted by Crippen LogP contribution is -2.14. The number of rotatable bonds is 11. The van der Waals surface area contributed by atoms with E-state index in [9.17, 15) is 5.11 Å². The maximum Gasteiger partial charge on any atom is 0.159 e. The summed E-state index contributed by atoms with van der Waals surface area (Å²) in [5.74, 6) is 0.595. The summed E-state index contributed by atoms with van der Waals surface area (Å²) in [6.07, 6.45) is 0. The monoisotopic (exact) mass is 1040 g/mol. The number of furan rings is 1. The summed E-state index contributed by atoms with van der Waals surface area (Å²) in [4.78, 5) is 4.78. The molecule has 392 valence electrons. The van der Waals surface area contributed by atoms with Gasteiger partial charge in [0, 0.05) is 44.0 Å². The minimum atomic E-state index is 0.176. The smallest absolute Gasteiger partial charge is 0.159 e. The van der Waals surface area contributed by atoms with Gasteiger partial charge in [-0.1, -0.05) is 173 Å². The van der Waals surface area contributed by atoms with Crippen LogP contribution in [0.25, 0.3) is 87.6 Å². The van der Waals surface area contributed by atoms with Crippen molar-refractivity contribution in [2.24, 2.45) is 0 Å². The number of hydrogen-bond donors (Lipinski definition) is 1. The van der Waals surface area contributed by atoms with Crippen molar-refractivity contribution in [3.63, 3.8) is 0 Å². The molecule has 1 heterocycles. The minimum absolute atomic E-state index is 0.176. The summed E-state index contributed by atoms with van der Waals surface area (Å²) in [7, 11) is 0. The van der Waals surface area contributed by atoms with Crippen molar-refractivity contribution in [1.29, 1.82) is 0 Å². The van der Waals surface area contributed by atoms with Crippen LogP contribution in [0.1, 0.15) is 84.0 Å². The van der Waals surface area contributed by atoms with Crippen molar-refractivity contribution in [2.75, 3.05) is 9.80 Å². The number of nitrogens with zero attached hydrogens (tertiary/aromatic N) is 2. The molecule has 4 heteroatoms. The third-order valence-corrected chi connectivity index (χ3v) is 17.2. The summed E-state index contributed by atoms with van der Waals surface area (Å²) < 4.78 is 7.30. The maximum absolute atomic E-state index is 13.0. The lowest BCUT2D eigenvalue weighted by atomic mass is 9.84. The van der Waals surface area contributed by atoms with Gasteiger partial charge in [0.25, 0.3) is 0 Å². The Hall–Kier alpha value is -9.12. The third-order valence-electron chi connectivity index (χ3n) is 17.2. The van der Waals surface area contributed by atoms with Crippen molar-refractivity contribution >= 4 is 88.4 Å². The zero-order valence-electron chi connectivity index (χ0n) is 47.5. The molecule has 80 heavy (non-hydrogen) atoms. The molecule has 12 aromatic carbocycles. The molecule has 1 N–H and O–H groups in total. The van der Waals surface area contributed by atoms with Crippen LogP contribution in [0.15, 0.2) is 205 Å². The lowest BCUT2D eigenvalue weighted by molar-refractivity contribution is 0.478. The Bertz CT molecular complexity index is 4590. The molecule has 0 atom stereocenters. The Balaban J connectivity index is 1.10. The Labute approximate surface area is 470 Å². The Morgan fingerprint density at radius 2 is 0.775 bits per heavy atom. The van der Waals surface area contributed by atoms with E-state index in [1.54, 1.807) is 0 Å². The number of para-hydroxylation sites is 3. The molecular formula is C76H66N2O2. The molecule has 0 aliphatic heterocycles. The standard InChI is InChI=1S/C76H66N2O2/c1-44(2)66-42-70(77(54-33-31-46(5)50(9)39-54)68-29-17-25-58(74(68)79)53-22-15-21-52(41-53)56-23-13-11-19-48(56)7)64-37-35-60-67(45(3)4)43-71(65-38-36-59(66)72(64)73(60)65)78(55-34-32-47(6)51(10)40-55)69-30-18-28-63-62-27-16-26-61(75(62)80-76(63)69)57-24-14-12-20-49(57)8/h11-45,79H,1-10H3. The van der Waals surface area contributed by atoms with Gasteiger partial charge < -0.3 is 19.3 Å². The van der Waals surface area contributed by atoms with E-state index in [0.717, 1.165) is 83.4 Å². The first kappa shape index (κ1) is 50.4. The summed E-state index contributed by atoms with van der Waals surface area (Å²) in [6, 6.07) is 72.9. The van der Waals surface area contributed by atoms with Crippen molar-refractivity contribution < 1.29 is 9.52 Å². The second-order valence-electron chi connectivity index (χ2n) is 22.9. The van der Waals surface area contributed by atoms with Crippen molar-refractivity contribution in [1.82, 2.24) is 0 Å². The molecule has 0 amide bonds. The second kappa shape index (κ2) is 19.7. The van der Waals surface area contributed by atoms with Gasteiger partial charge >= 0.3 is 0 Å². The fourth-order valence-corrected chi connectivity index (χ4v) is 12.6. The Morgan fingerprint density at radius 3 is 1.34 bits per heavy atom. The fraction of sp³-hybridized carbons (Fsp3) is 0.158. The van der Waals surface area contributed by atoms with Crippen LogP contribution in [-0.4, -0.2) is 5.11 Å². The fourth-order valence-electron chi connectivity index (χ4n) is 12.6. The van der Waals surface area contributed by atoms with Gasteiger partial charge in [-0.05, 0) is 196 Å². The molecule has 4 nitrogen and oxygen atoms in total. The molecule has 0 fully saturated rings. The number of aromatic hydroxyl groups is 1. The van der Waals surface area contributed by atoms with Crippen LogP contribution in [-0.2, 0) is 0 Å². The zero-order valence-corrected chi connectivity index (χ0v) is 47.5. The van der Waals surface area contributed by atoms with Crippen LogP contribution in [0.2, 0.25) is 0 Å². The molecule has 0 spiro atoms. The van der Waals surface area contributed by atoms with Gasteiger partial charge in [-0.3, -0.25) is 0 Å². The molecule has 1 aromatic heterocycles. The average molecular weight is 1040 g/mol. The number of phenolic OH excluding ortho intramolecular Hbond substituents is 1. The highest BCUT2D eigenvalue weighted by Gasteiger charge is 2.29. The molecule has 13 rings (SSSR count). The molecule has 0 bridgehead atoms. The third kappa shape index (κ3) is 8.19. The van der Waals surface area contributed by atoms with E-state index in [1.807, 2.05) is 6.07 Å². The van der Waals surface area contributed by atoms with Crippen LogP contribution >= 0.6 is 0 Å². The van der Waals surface area contributed by atoms with E-state index in [-0.39, 0.29) is 17.6 Å². The summed E-state index contributed by atoms with van der Waals surface area (Å²) in [5.41, 5.74) is 23.6. The van der Waals surface area contributed by atoms with Gasteiger partial charge in [-0.15, -0.1) is 0 Å².